The van der Waals surface area contributed by atoms with Crippen molar-refractivity contribution in [2.75, 3.05) is 13.7 Å². The minimum absolute atomic E-state index is 0.0458. The smallest absolute Gasteiger partial charge is 0.118 e. The highest BCUT2D eigenvalue weighted by molar-refractivity contribution is 5.29. The van der Waals surface area contributed by atoms with E-state index in [1.54, 1.807) is 7.11 Å². The topological polar surface area (TPSA) is 41.5 Å². The number of rotatable bonds is 7. The minimum atomic E-state index is 0.0458. The van der Waals surface area contributed by atoms with Crippen molar-refractivity contribution < 1.29 is 9.84 Å². The summed E-state index contributed by atoms with van der Waals surface area (Å²) in [4.78, 5) is 0. The second kappa shape index (κ2) is 7.81. The monoisotopic (exact) mass is 285 g/mol. The molecule has 0 amide bonds. The van der Waals surface area contributed by atoms with Gasteiger partial charge in [-0.2, -0.15) is 0 Å². The predicted molar refractivity (Wildman–Crippen MR) is 85.6 cm³/mol. The van der Waals surface area contributed by atoms with Crippen LogP contribution in [-0.4, -0.2) is 24.9 Å². The molecule has 0 heterocycles. The number of hydrogen-bond donors (Lipinski definition) is 2. The van der Waals surface area contributed by atoms with Crippen molar-refractivity contribution in [1.29, 1.82) is 0 Å². The van der Waals surface area contributed by atoms with Crippen molar-refractivity contribution in [3.05, 3.63) is 65.7 Å². The summed E-state index contributed by atoms with van der Waals surface area (Å²) < 4.78 is 5.17. The van der Waals surface area contributed by atoms with Crippen LogP contribution in [-0.2, 0) is 6.42 Å². The van der Waals surface area contributed by atoms with Gasteiger partial charge in [-0.1, -0.05) is 42.5 Å². The fraction of sp³-hybridized carbons (Fsp3) is 0.333. The van der Waals surface area contributed by atoms with Crippen LogP contribution >= 0.6 is 0 Å². The van der Waals surface area contributed by atoms with E-state index in [1.165, 1.54) is 11.1 Å². The van der Waals surface area contributed by atoms with Crippen LogP contribution in [0.2, 0.25) is 0 Å². The molecule has 0 saturated carbocycles. The summed E-state index contributed by atoms with van der Waals surface area (Å²) >= 11 is 0. The fourth-order valence-electron chi connectivity index (χ4n) is 2.42. The average Bonchev–Trinajstić information content (AvgIpc) is 2.55. The molecule has 0 saturated heterocycles. The van der Waals surface area contributed by atoms with Gasteiger partial charge in [0.15, 0.2) is 0 Å². The van der Waals surface area contributed by atoms with Crippen LogP contribution < -0.4 is 10.1 Å². The van der Waals surface area contributed by atoms with Gasteiger partial charge in [0.2, 0.25) is 0 Å². The van der Waals surface area contributed by atoms with Crippen molar-refractivity contribution in [2.24, 2.45) is 0 Å². The molecule has 0 aliphatic carbocycles. The zero-order chi connectivity index (χ0) is 15.1. The molecule has 3 nitrogen and oxygen atoms in total. The van der Waals surface area contributed by atoms with Gasteiger partial charge in [-0.05, 0) is 36.6 Å². The normalized spacial score (nSPS) is 13.7. The van der Waals surface area contributed by atoms with Gasteiger partial charge in [0.05, 0.1) is 13.7 Å². The Morgan fingerprint density at radius 2 is 1.71 bits per heavy atom. The minimum Gasteiger partial charge on any atom is -0.497 e. The first-order chi connectivity index (χ1) is 10.2. The summed E-state index contributed by atoms with van der Waals surface area (Å²) in [5.41, 5.74) is 2.41. The van der Waals surface area contributed by atoms with E-state index in [4.69, 9.17) is 4.74 Å². The summed E-state index contributed by atoms with van der Waals surface area (Å²) in [6, 6.07) is 18.5. The van der Waals surface area contributed by atoms with Crippen molar-refractivity contribution in [2.45, 2.75) is 25.4 Å². The number of benzene rings is 2. The number of hydrogen-bond acceptors (Lipinski definition) is 3. The molecule has 2 N–H and O–H groups in total. The Bertz CT molecular complexity index is 525. The Labute approximate surface area is 126 Å². The standard InChI is InChI=1S/C18H23NO2/c1-14(16-8-10-18(21-2)11-9-16)19-17(13-20)12-15-6-4-3-5-7-15/h3-11,14,17,19-20H,12-13H2,1-2H3/t14?,17-/m1/s1. The van der Waals surface area contributed by atoms with Gasteiger partial charge in [0.25, 0.3) is 0 Å². The maximum atomic E-state index is 9.58. The average molecular weight is 285 g/mol. The van der Waals surface area contributed by atoms with E-state index in [9.17, 15) is 5.11 Å². The lowest BCUT2D eigenvalue weighted by Crippen LogP contribution is -2.36. The molecule has 2 aromatic carbocycles. The third-order valence-electron chi connectivity index (χ3n) is 3.65. The van der Waals surface area contributed by atoms with Crippen LogP contribution in [0.15, 0.2) is 54.6 Å². The number of aliphatic hydroxyl groups is 1. The van der Waals surface area contributed by atoms with Gasteiger partial charge >= 0.3 is 0 Å². The van der Waals surface area contributed by atoms with Crippen LogP contribution in [0.25, 0.3) is 0 Å². The van der Waals surface area contributed by atoms with Gasteiger partial charge in [0.1, 0.15) is 5.75 Å². The summed E-state index contributed by atoms with van der Waals surface area (Å²) in [5.74, 6) is 0.856. The molecule has 0 aromatic heterocycles. The summed E-state index contributed by atoms with van der Waals surface area (Å²) in [5, 5.41) is 13.1. The second-order valence-corrected chi connectivity index (χ2v) is 5.23. The van der Waals surface area contributed by atoms with Crippen LogP contribution in [0, 0.1) is 0 Å². The Morgan fingerprint density at radius 3 is 2.29 bits per heavy atom. The molecule has 0 bridgehead atoms. The van der Waals surface area contributed by atoms with Crippen molar-refractivity contribution in [3.8, 4) is 5.75 Å². The number of aliphatic hydroxyl groups excluding tert-OH is 1. The van der Waals surface area contributed by atoms with Gasteiger partial charge in [-0.15, -0.1) is 0 Å². The van der Waals surface area contributed by atoms with Gasteiger partial charge in [-0.25, -0.2) is 0 Å². The zero-order valence-corrected chi connectivity index (χ0v) is 12.6. The summed E-state index contributed by atoms with van der Waals surface area (Å²) in [7, 11) is 1.67. The molecule has 21 heavy (non-hydrogen) atoms. The molecule has 0 fully saturated rings. The number of methoxy groups -OCH3 is 1. The molecule has 0 radical (unpaired) electrons. The van der Waals surface area contributed by atoms with Gasteiger partial charge in [0, 0.05) is 12.1 Å². The first-order valence-corrected chi connectivity index (χ1v) is 7.27. The van der Waals surface area contributed by atoms with Crippen molar-refractivity contribution >= 4 is 0 Å². The fourth-order valence-corrected chi connectivity index (χ4v) is 2.42. The largest absolute Gasteiger partial charge is 0.497 e. The van der Waals surface area contributed by atoms with Crippen LogP contribution in [0.1, 0.15) is 24.1 Å². The Kier molecular flexibility index (Phi) is 5.78. The molecule has 2 atom stereocenters. The number of ether oxygens (including phenoxy) is 1. The van der Waals surface area contributed by atoms with Crippen LogP contribution in [0.3, 0.4) is 0 Å². The third kappa shape index (κ3) is 4.59. The van der Waals surface area contributed by atoms with E-state index >= 15 is 0 Å². The third-order valence-corrected chi connectivity index (χ3v) is 3.65. The van der Waals surface area contributed by atoms with E-state index in [0.29, 0.717) is 0 Å². The van der Waals surface area contributed by atoms with E-state index in [2.05, 4.69) is 24.4 Å². The molecular formula is C18H23NO2. The highest BCUT2D eigenvalue weighted by atomic mass is 16.5. The van der Waals surface area contributed by atoms with E-state index in [1.807, 2.05) is 42.5 Å². The maximum Gasteiger partial charge on any atom is 0.118 e. The highest BCUT2D eigenvalue weighted by Gasteiger charge is 2.13. The van der Waals surface area contributed by atoms with Crippen molar-refractivity contribution in [3.63, 3.8) is 0 Å². The Balaban J connectivity index is 1.96. The molecule has 3 heteroatoms. The second-order valence-electron chi connectivity index (χ2n) is 5.23. The molecular weight excluding hydrogens is 262 g/mol. The molecule has 112 valence electrons. The van der Waals surface area contributed by atoms with Gasteiger partial charge < -0.3 is 15.2 Å². The maximum absolute atomic E-state index is 9.58. The zero-order valence-electron chi connectivity index (χ0n) is 12.6. The quantitative estimate of drug-likeness (QED) is 0.822. The van der Waals surface area contributed by atoms with Gasteiger partial charge in [-0.3, -0.25) is 0 Å². The molecule has 2 aromatic rings. The summed E-state index contributed by atoms with van der Waals surface area (Å²) in [6.45, 7) is 2.23. The molecule has 2 rings (SSSR count). The highest BCUT2D eigenvalue weighted by Crippen LogP contribution is 2.18. The molecule has 0 spiro atoms. The number of nitrogens with one attached hydrogen (secondary N) is 1. The Hall–Kier alpha value is -1.84. The molecule has 1 unspecified atom stereocenters. The first kappa shape index (κ1) is 15.5. The summed E-state index contributed by atoms with van der Waals surface area (Å²) in [6.07, 6.45) is 0.817. The predicted octanol–water partition coefficient (Wildman–Crippen LogP) is 2.95. The van der Waals surface area contributed by atoms with E-state index in [-0.39, 0.29) is 18.7 Å². The molecule has 0 aliphatic heterocycles. The SMILES string of the molecule is COc1ccc(C(C)N[C@@H](CO)Cc2ccccc2)cc1. The molecule has 0 aliphatic rings. The van der Waals surface area contributed by atoms with E-state index < -0.39 is 0 Å². The lowest BCUT2D eigenvalue weighted by molar-refractivity contribution is 0.232. The van der Waals surface area contributed by atoms with Crippen LogP contribution in [0.5, 0.6) is 5.75 Å². The first-order valence-electron chi connectivity index (χ1n) is 7.27. The Morgan fingerprint density at radius 1 is 1.05 bits per heavy atom. The van der Waals surface area contributed by atoms with E-state index in [0.717, 1.165) is 12.2 Å². The lowest BCUT2D eigenvalue weighted by Gasteiger charge is -2.22. The van der Waals surface area contributed by atoms with Crippen LogP contribution in [0.4, 0.5) is 0 Å². The lowest BCUT2D eigenvalue weighted by atomic mass is 10.0. The van der Waals surface area contributed by atoms with Crippen molar-refractivity contribution in [1.82, 2.24) is 5.32 Å².